The molecule has 1 N–H and O–H groups in total. The van der Waals surface area contributed by atoms with E-state index in [-0.39, 0.29) is 5.56 Å². The van der Waals surface area contributed by atoms with Gasteiger partial charge in [0.1, 0.15) is 11.2 Å². The van der Waals surface area contributed by atoms with Crippen LogP contribution in [0.5, 0.6) is 0 Å². The Bertz CT molecular complexity index is 963. The number of hydrogen-bond acceptors (Lipinski definition) is 3. The first kappa shape index (κ1) is 14.5. The highest BCUT2D eigenvalue weighted by Crippen LogP contribution is 2.28. The molecule has 22 heavy (non-hydrogen) atoms. The lowest BCUT2D eigenvalue weighted by atomic mass is 10.0. The second kappa shape index (κ2) is 5.38. The first-order valence-electron chi connectivity index (χ1n) is 6.49. The Balaban J connectivity index is 2.24. The summed E-state index contributed by atoms with van der Waals surface area (Å²) in [5, 5.41) is 8.97. The number of hydrogen-bond donors (Lipinski definition) is 1. The fraction of sp³-hybridized carbons (Fsp3) is 0.0625. The Labute approximate surface area is 134 Å². The zero-order valence-corrected chi connectivity index (χ0v) is 13.2. The molecule has 0 fully saturated rings. The molecule has 0 spiro atoms. The molecule has 2 heterocycles. The van der Waals surface area contributed by atoms with E-state index in [1.54, 1.807) is 18.3 Å². The molecule has 0 saturated heterocycles. The molecule has 5 nitrogen and oxygen atoms in total. The first-order valence-corrected chi connectivity index (χ1v) is 7.28. The van der Waals surface area contributed by atoms with E-state index in [0.717, 1.165) is 27.4 Å². The van der Waals surface area contributed by atoms with Crippen molar-refractivity contribution in [3.63, 3.8) is 0 Å². The van der Waals surface area contributed by atoms with Crippen LogP contribution in [-0.2, 0) is 0 Å². The van der Waals surface area contributed by atoms with Gasteiger partial charge < -0.3 is 5.11 Å². The third kappa shape index (κ3) is 2.31. The van der Waals surface area contributed by atoms with Crippen LogP contribution in [0, 0.1) is 6.92 Å². The van der Waals surface area contributed by atoms with Crippen LogP contribution in [0.3, 0.4) is 0 Å². The quantitative estimate of drug-likeness (QED) is 0.763. The van der Waals surface area contributed by atoms with Crippen molar-refractivity contribution in [2.45, 2.75) is 6.92 Å². The third-order valence-electron chi connectivity index (χ3n) is 3.52. The van der Waals surface area contributed by atoms with Crippen LogP contribution in [0.2, 0.25) is 0 Å². The normalized spacial score (nSPS) is 10.8. The number of fused-ring (bicyclic) bond motifs is 1. The second-order valence-corrected chi connectivity index (χ2v) is 5.69. The molecule has 3 rings (SSSR count). The van der Waals surface area contributed by atoms with Gasteiger partial charge in [0.15, 0.2) is 0 Å². The van der Waals surface area contributed by atoms with Gasteiger partial charge in [0.25, 0.3) is 5.56 Å². The molecule has 0 aliphatic carbocycles. The van der Waals surface area contributed by atoms with Crippen molar-refractivity contribution in [2.24, 2.45) is 0 Å². The van der Waals surface area contributed by atoms with Crippen LogP contribution < -0.4 is 5.56 Å². The van der Waals surface area contributed by atoms with E-state index in [2.05, 4.69) is 20.9 Å². The van der Waals surface area contributed by atoms with Gasteiger partial charge in [-0.05, 0) is 41.8 Å². The summed E-state index contributed by atoms with van der Waals surface area (Å²) in [4.78, 5) is 27.1. The van der Waals surface area contributed by atoms with Crippen LogP contribution in [0.4, 0.5) is 0 Å². The largest absolute Gasteiger partial charge is 0.477 e. The van der Waals surface area contributed by atoms with Gasteiger partial charge in [0, 0.05) is 16.9 Å². The lowest BCUT2D eigenvalue weighted by Crippen LogP contribution is -2.22. The summed E-state index contributed by atoms with van der Waals surface area (Å²) >= 11 is 3.49. The molecule has 6 heteroatoms. The first-order chi connectivity index (χ1) is 10.5. The number of carboxylic acids is 1. The van der Waals surface area contributed by atoms with Crippen molar-refractivity contribution in [1.82, 2.24) is 9.38 Å². The average molecular weight is 359 g/mol. The Hall–Kier alpha value is -2.47. The molecule has 1 aromatic carbocycles. The summed E-state index contributed by atoms with van der Waals surface area (Å²) in [5.74, 6) is -1.28. The van der Waals surface area contributed by atoms with Gasteiger partial charge in [-0.1, -0.05) is 28.1 Å². The molecule has 0 radical (unpaired) electrons. The van der Waals surface area contributed by atoms with E-state index >= 15 is 0 Å². The highest BCUT2D eigenvalue weighted by atomic mass is 79.9. The summed E-state index contributed by atoms with van der Waals surface area (Å²) in [6.07, 6.45) is 2.64. The van der Waals surface area contributed by atoms with Gasteiger partial charge in [-0.3, -0.25) is 9.20 Å². The van der Waals surface area contributed by atoms with Gasteiger partial charge in [0.05, 0.1) is 0 Å². The minimum Gasteiger partial charge on any atom is -0.477 e. The molecule has 3 aromatic rings. The summed E-state index contributed by atoms with van der Waals surface area (Å²) < 4.78 is 2.23. The maximum absolute atomic E-state index is 12.1. The number of halogens is 1. The SMILES string of the molecule is Cc1c(Br)cccc1-c1ccn2c(=O)c(C(=O)O)cnc2c1. The molecule has 0 amide bonds. The number of aromatic carboxylic acids is 1. The van der Waals surface area contributed by atoms with E-state index < -0.39 is 11.5 Å². The van der Waals surface area contributed by atoms with Crippen LogP contribution in [0.1, 0.15) is 15.9 Å². The number of benzene rings is 1. The minimum absolute atomic E-state index is 0.344. The zero-order valence-electron chi connectivity index (χ0n) is 11.6. The Morgan fingerprint density at radius 2 is 2.09 bits per heavy atom. The molecule has 0 saturated carbocycles. The smallest absolute Gasteiger partial charge is 0.342 e. The molecule has 0 aliphatic heterocycles. The molecule has 0 atom stereocenters. The van der Waals surface area contributed by atoms with E-state index in [0.29, 0.717) is 5.65 Å². The minimum atomic E-state index is -1.28. The standard InChI is InChI=1S/C16H11BrN2O3/c1-9-11(3-2-4-13(9)17)10-5-6-19-14(7-10)18-8-12(15(19)20)16(21)22/h2-8H,1H3,(H,21,22). The predicted molar refractivity (Wildman–Crippen MR) is 86.3 cm³/mol. The summed E-state index contributed by atoms with van der Waals surface area (Å²) in [6, 6.07) is 9.42. The number of pyridine rings is 1. The third-order valence-corrected chi connectivity index (χ3v) is 4.38. The topological polar surface area (TPSA) is 71.7 Å². The summed E-state index contributed by atoms with van der Waals surface area (Å²) in [6.45, 7) is 2.00. The number of carboxylic acid groups (broad SMARTS) is 1. The van der Waals surface area contributed by atoms with Gasteiger partial charge in [-0.25, -0.2) is 9.78 Å². The van der Waals surface area contributed by atoms with Gasteiger partial charge in [0.2, 0.25) is 0 Å². The monoisotopic (exact) mass is 358 g/mol. The van der Waals surface area contributed by atoms with E-state index in [1.807, 2.05) is 25.1 Å². The van der Waals surface area contributed by atoms with E-state index in [1.165, 1.54) is 4.40 Å². The van der Waals surface area contributed by atoms with Crippen LogP contribution in [-0.4, -0.2) is 20.5 Å². The van der Waals surface area contributed by atoms with E-state index in [4.69, 9.17) is 5.11 Å². The Morgan fingerprint density at radius 3 is 2.82 bits per heavy atom. The summed E-state index contributed by atoms with van der Waals surface area (Å²) in [5.41, 5.74) is 2.49. The molecule has 110 valence electrons. The zero-order chi connectivity index (χ0) is 15.9. The van der Waals surface area contributed by atoms with Crippen molar-refractivity contribution in [2.75, 3.05) is 0 Å². The molecular formula is C16H11BrN2O3. The van der Waals surface area contributed by atoms with Gasteiger partial charge >= 0.3 is 5.97 Å². The van der Waals surface area contributed by atoms with E-state index in [9.17, 15) is 9.59 Å². The van der Waals surface area contributed by atoms with Gasteiger partial charge in [-0.2, -0.15) is 0 Å². The van der Waals surface area contributed by atoms with Crippen molar-refractivity contribution < 1.29 is 9.90 Å². The summed E-state index contributed by atoms with van der Waals surface area (Å²) in [7, 11) is 0. The van der Waals surface area contributed by atoms with Crippen molar-refractivity contribution in [3.8, 4) is 11.1 Å². The van der Waals surface area contributed by atoms with Gasteiger partial charge in [-0.15, -0.1) is 0 Å². The predicted octanol–water partition coefficient (Wildman–Crippen LogP) is 3.13. The maximum atomic E-state index is 12.1. The number of rotatable bonds is 2. The van der Waals surface area contributed by atoms with Crippen LogP contribution >= 0.6 is 15.9 Å². The Morgan fingerprint density at radius 1 is 1.32 bits per heavy atom. The van der Waals surface area contributed by atoms with Crippen LogP contribution in [0.25, 0.3) is 16.8 Å². The number of aromatic nitrogens is 2. The molecule has 0 bridgehead atoms. The fourth-order valence-electron chi connectivity index (χ4n) is 2.31. The van der Waals surface area contributed by atoms with Crippen molar-refractivity contribution in [3.05, 3.63) is 68.7 Å². The molecule has 2 aromatic heterocycles. The molecular weight excluding hydrogens is 348 g/mol. The molecule has 0 unspecified atom stereocenters. The van der Waals surface area contributed by atoms with Crippen molar-refractivity contribution in [1.29, 1.82) is 0 Å². The highest BCUT2D eigenvalue weighted by molar-refractivity contribution is 9.10. The highest BCUT2D eigenvalue weighted by Gasteiger charge is 2.12. The van der Waals surface area contributed by atoms with Crippen molar-refractivity contribution >= 4 is 27.5 Å². The molecule has 0 aliphatic rings. The van der Waals surface area contributed by atoms with Crippen LogP contribution in [0.15, 0.2) is 52.0 Å². The maximum Gasteiger partial charge on any atom is 0.342 e. The average Bonchev–Trinajstić information content (AvgIpc) is 2.49. The fourth-order valence-corrected chi connectivity index (χ4v) is 2.68. The number of carbonyl (C=O) groups is 1. The Kier molecular flexibility index (Phi) is 3.54. The second-order valence-electron chi connectivity index (χ2n) is 4.84. The number of nitrogens with zero attached hydrogens (tertiary/aromatic N) is 2. The lowest BCUT2D eigenvalue weighted by molar-refractivity contribution is 0.0694. The lowest BCUT2D eigenvalue weighted by Gasteiger charge is -2.09.